The van der Waals surface area contributed by atoms with Crippen LogP contribution in [0.3, 0.4) is 0 Å². The number of amides is 1. The maximum absolute atomic E-state index is 12.3. The van der Waals surface area contributed by atoms with Gasteiger partial charge in [-0.2, -0.15) is 0 Å². The summed E-state index contributed by atoms with van der Waals surface area (Å²) in [6.07, 6.45) is 0.727. The van der Waals surface area contributed by atoms with Gasteiger partial charge in [-0.3, -0.25) is 0 Å². The van der Waals surface area contributed by atoms with Gasteiger partial charge in [-0.05, 0) is 39.0 Å². The molecule has 2 N–H and O–H groups in total. The number of nitrogens with zero attached hydrogens (tertiary/aromatic N) is 1. The monoisotopic (exact) mass is 334 g/mol. The van der Waals surface area contributed by atoms with E-state index in [9.17, 15) is 13.2 Å². The smallest absolute Gasteiger partial charge is 0.410 e. The average molecular weight is 334 g/mol. The lowest BCUT2D eigenvalue weighted by atomic mass is 9.74. The third-order valence-corrected chi connectivity index (χ3v) is 6.24. The van der Waals surface area contributed by atoms with Crippen LogP contribution in [0.25, 0.3) is 0 Å². The maximum atomic E-state index is 12.3. The van der Waals surface area contributed by atoms with Gasteiger partial charge in [-0.1, -0.05) is 0 Å². The highest BCUT2D eigenvalue weighted by Crippen LogP contribution is 2.45. The summed E-state index contributed by atoms with van der Waals surface area (Å²) in [6.45, 7) is 6.79. The van der Waals surface area contributed by atoms with Gasteiger partial charge >= 0.3 is 6.09 Å². The van der Waals surface area contributed by atoms with Crippen LogP contribution in [0.1, 0.15) is 33.6 Å². The van der Waals surface area contributed by atoms with Gasteiger partial charge in [0.1, 0.15) is 15.4 Å². The van der Waals surface area contributed by atoms with Crippen molar-refractivity contribution >= 4 is 15.9 Å². The van der Waals surface area contributed by atoms with E-state index in [0.717, 1.165) is 0 Å². The molecule has 0 aromatic rings. The van der Waals surface area contributed by atoms with Gasteiger partial charge < -0.3 is 14.5 Å². The number of hydrogen-bond donors (Lipinski definition) is 1. The Morgan fingerprint density at radius 3 is 2.41 bits per heavy atom. The number of carbonyl (C=O) groups is 1. The summed E-state index contributed by atoms with van der Waals surface area (Å²) in [5.41, 5.74) is -0.788. The lowest BCUT2D eigenvalue weighted by Crippen LogP contribution is -2.42. The first-order valence-electron chi connectivity index (χ1n) is 7.57. The molecule has 2 aliphatic rings. The molecule has 8 heteroatoms. The van der Waals surface area contributed by atoms with Crippen LogP contribution in [0.15, 0.2) is 0 Å². The molecular formula is C14H26N2O5S. The highest BCUT2D eigenvalue weighted by Gasteiger charge is 2.51. The Labute approximate surface area is 132 Å². The molecule has 1 atom stereocenters. The summed E-state index contributed by atoms with van der Waals surface area (Å²) in [4.78, 5) is 18.7. The molecule has 0 bridgehead atoms. The Kier molecular flexibility index (Phi) is 4.75. The largest absolute Gasteiger partial charge is 0.444 e. The van der Waals surface area contributed by atoms with E-state index < -0.39 is 15.4 Å². The SMILES string of the molecule is CC(C)(C)OC(=O)N1CC(CON)C2(CCS(=O)(=O)CC2)C1. The minimum atomic E-state index is -2.96. The van der Waals surface area contributed by atoms with Crippen LogP contribution in [0.5, 0.6) is 0 Å². The molecule has 0 radical (unpaired) electrons. The molecule has 0 aliphatic carbocycles. The zero-order chi connectivity index (χ0) is 16.6. The van der Waals surface area contributed by atoms with Crippen molar-refractivity contribution in [2.45, 2.75) is 39.2 Å². The number of sulfone groups is 1. The summed E-state index contributed by atoms with van der Waals surface area (Å²) in [7, 11) is -2.96. The molecule has 1 spiro atoms. The second-order valence-corrected chi connectivity index (χ2v) is 9.71. The number of hydrogen-bond acceptors (Lipinski definition) is 6. The van der Waals surface area contributed by atoms with Gasteiger partial charge in [0, 0.05) is 19.0 Å². The van der Waals surface area contributed by atoms with Crippen molar-refractivity contribution in [2.75, 3.05) is 31.2 Å². The van der Waals surface area contributed by atoms with E-state index >= 15 is 0 Å². The van der Waals surface area contributed by atoms with Crippen LogP contribution in [-0.4, -0.2) is 56.2 Å². The molecule has 2 fully saturated rings. The van der Waals surface area contributed by atoms with E-state index in [4.69, 9.17) is 15.5 Å². The fourth-order valence-corrected chi connectivity index (χ4v) is 4.99. The van der Waals surface area contributed by atoms with Crippen LogP contribution < -0.4 is 5.90 Å². The predicted octanol–water partition coefficient (Wildman–Crippen LogP) is 0.939. The third kappa shape index (κ3) is 3.91. The Bertz CT molecular complexity index is 512. The summed E-state index contributed by atoms with van der Waals surface area (Å²) >= 11 is 0. The van der Waals surface area contributed by atoms with Crippen molar-refractivity contribution in [1.82, 2.24) is 4.90 Å². The van der Waals surface area contributed by atoms with Gasteiger partial charge in [0.15, 0.2) is 0 Å². The highest BCUT2D eigenvalue weighted by molar-refractivity contribution is 7.91. The van der Waals surface area contributed by atoms with E-state index in [-0.39, 0.29) is 28.9 Å². The fourth-order valence-electron chi connectivity index (χ4n) is 3.36. The van der Waals surface area contributed by atoms with Crippen molar-refractivity contribution in [2.24, 2.45) is 17.2 Å². The highest BCUT2D eigenvalue weighted by atomic mass is 32.2. The van der Waals surface area contributed by atoms with Crippen LogP contribution in [0, 0.1) is 11.3 Å². The van der Waals surface area contributed by atoms with E-state index in [1.54, 1.807) is 4.90 Å². The van der Waals surface area contributed by atoms with Crippen molar-refractivity contribution in [1.29, 1.82) is 0 Å². The zero-order valence-electron chi connectivity index (χ0n) is 13.5. The first-order chi connectivity index (χ1) is 10.1. The Morgan fingerprint density at radius 1 is 1.32 bits per heavy atom. The second-order valence-electron chi connectivity index (χ2n) is 7.41. The molecule has 2 rings (SSSR count). The first kappa shape index (κ1) is 17.5. The molecule has 1 amide bonds. The molecule has 2 saturated heterocycles. The van der Waals surface area contributed by atoms with Gasteiger partial charge in [-0.25, -0.2) is 19.1 Å². The van der Waals surface area contributed by atoms with Crippen molar-refractivity contribution < 1.29 is 22.8 Å². The van der Waals surface area contributed by atoms with E-state index in [1.165, 1.54) is 0 Å². The van der Waals surface area contributed by atoms with Crippen molar-refractivity contribution in [3.05, 3.63) is 0 Å². The summed E-state index contributed by atoms with van der Waals surface area (Å²) in [6, 6.07) is 0. The second kappa shape index (κ2) is 5.98. The lowest BCUT2D eigenvalue weighted by molar-refractivity contribution is 0.0269. The Morgan fingerprint density at radius 2 is 1.91 bits per heavy atom. The molecule has 7 nitrogen and oxygen atoms in total. The molecular weight excluding hydrogens is 308 g/mol. The van der Waals surface area contributed by atoms with Gasteiger partial charge in [0.2, 0.25) is 0 Å². The molecule has 2 aliphatic heterocycles. The maximum Gasteiger partial charge on any atom is 0.410 e. The zero-order valence-corrected chi connectivity index (χ0v) is 14.3. The molecule has 0 aromatic carbocycles. The molecule has 0 aromatic heterocycles. The Balaban J connectivity index is 2.11. The normalized spacial score (nSPS) is 27.1. The van der Waals surface area contributed by atoms with Crippen molar-refractivity contribution in [3.63, 3.8) is 0 Å². The number of likely N-dealkylation sites (tertiary alicyclic amines) is 1. The third-order valence-electron chi connectivity index (χ3n) is 4.58. The average Bonchev–Trinajstić information content (AvgIpc) is 2.72. The molecule has 1 unspecified atom stereocenters. The number of rotatable bonds is 2. The van der Waals surface area contributed by atoms with Gasteiger partial charge in [0.05, 0.1) is 18.1 Å². The van der Waals surface area contributed by atoms with Crippen LogP contribution in [-0.2, 0) is 19.4 Å². The van der Waals surface area contributed by atoms with E-state index in [1.807, 2.05) is 20.8 Å². The minimum Gasteiger partial charge on any atom is -0.444 e. The van der Waals surface area contributed by atoms with Crippen LogP contribution >= 0.6 is 0 Å². The van der Waals surface area contributed by atoms with E-state index in [0.29, 0.717) is 32.5 Å². The molecule has 0 saturated carbocycles. The summed E-state index contributed by atoms with van der Waals surface area (Å²) in [5.74, 6) is 5.59. The number of ether oxygens (including phenoxy) is 1. The quantitative estimate of drug-likeness (QED) is 0.755. The predicted molar refractivity (Wildman–Crippen MR) is 81.8 cm³/mol. The lowest BCUT2D eigenvalue weighted by Gasteiger charge is -2.37. The van der Waals surface area contributed by atoms with Gasteiger partial charge in [-0.15, -0.1) is 0 Å². The fraction of sp³-hybridized carbons (Fsp3) is 0.929. The summed E-state index contributed by atoms with van der Waals surface area (Å²) in [5, 5.41) is 0. The summed E-state index contributed by atoms with van der Waals surface area (Å²) < 4.78 is 28.8. The molecule has 128 valence electrons. The van der Waals surface area contributed by atoms with Crippen LogP contribution in [0.2, 0.25) is 0 Å². The van der Waals surface area contributed by atoms with Crippen LogP contribution in [0.4, 0.5) is 4.79 Å². The molecule has 2 heterocycles. The van der Waals surface area contributed by atoms with E-state index in [2.05, 4.69) is 0 Å². The van der Waals surface area contributed by atoms with Gasteiger partial charge in [0.25, 0.3) is 0 Å². The standard InChI is InChI=1S/C14H26N2O5S/c1-13(2,3)21-12(17)16-8-11(9-20-15)14(10-16)4-6-22(18,19)7-5-14/h11H,4-10,15H2,1-3H3. The van der Waals surface area contributed by atoms with Crippen molar-refractivity contribution in [3.8, 4) is 0 Å². The number of nitrogens with two attached hydrogens (primary N) is 1. The number of carbonyl (C=O) groups excluding carboxylic acids is 1. The Hall–Kier alpha value is -0.860. The topological polar surface area (TPSA) is 98.9 Å². The minimum absolute atomic E-state index is 0.0421. The first-order valence-corrected chi connectivity index (χ1v) is 9.39. The molecule has 22 heavy (non-hydrogen) atoms.